The fraction of sp³-hybridized carbons (Fsp3) is 0.326. The van der Waals surface area contributed by atoms with Crippen molar-refractivity contribution in [3.63, 3.8) is 0 Å². The molecule has 0 nitrogen and oxygen atoms in total. The van der Waals surface area contributed by atoms with Crippen LogP contribution in [0, 0.1) is 0 Å². The molecule has 4 aromatic carbocycles. The van der Waals surface area contributed by atoms with Gasteiger partial charge in [0, 0.05) is 0 Å². The Balaban J connectivity index is 0.00000281. The third-order valence-electron chi connectivity index (χ3n) is 9.64. The van der Waals surface area contributed by atoms with Gasteiger partial charge < -0.3 is 0 Å². The van der Waals surface area contributed by atoms with Gasteiger partial charge in [-0.25, -0.2) is 0 Å². The van der Waals surface area contributed by atoms with Crippen molar-refractivity contribution in [3.05, 3.63) is 144 Å². The molecule has 0 saturated carbocycles. The summed E-state index contributed by atoms with van der Waals surface area (Å²) in [5.41, 5.74) is 15.4. The molecule has 0 aliphatic heterocycles. The van der Waals surface area contributed by atoms with Crippen molar-refractivity contribution in [2.75, 3.05) is 0 Å². The summed E-state index contributed by atoms with van der Waals surface area (Å²) in [6.45, 7) is 14.0. The van der Waals surface area contributed by atoms with Gasteiger partial charge in [0.2, 0.25) is 0 Å². The minimum Gasteiger partial charge on any atom is -0.147 e. The molecule has 264 valence electrons. The van der Waals surface area contributed by atoms with Crippen molar-refractivity contribution in [1.82, 2.24) is 0 Å². The summed E-state index contributed by atoms with van der Waals surface area (Å²) in [7, 11) is 0. The number of rotatable bonds is 8. The molecule has 2 aliphatic carbocycles. The molecule has 0 bridgehead atoms. The van der Waals surface area contributed by atoms with Crippen LogP contribution >= 0.6 is 71.2 Å². The molecule has 2 aliphatic rings. The molecule has 0 aromatic heterocycles. The van der Waals surface area contributed by atoms with Crippen molar-refractivity contribution < 1.29 is 21.3 Å². The van der Waals surface area contributed by atoms with Crippen molar-refractivity contribution >= 4 is 77.7 Å². The van der Waals surface area contributed by atoms with Crippen molar-refractivity contribution in [1.29, 1.82) is 0 Å². The summed E-state index contributed by atoms with van der Waals surface area (Å²) < 4.78 is 4.62. The second-order valence-corrected chi connectivity index (χ2v) is 22.2. The van der Waals surface area contributed by atoms with Gasteiger partial charge in [-0.2, -0.15) is 0 Å². The topological polar surface area (TPSA) is 0 Å². The van der Waals surface area contributed by atoms with Crippen LogP contribution < -0.4 is 3.27 Å². The fourth-order valence-corrected chi connectivity index (χ4v) is 16.8. The predicted octanol–water partition coefficient (Wildman–Crippen LogP) is 13.0. The predicted molar refractivity (Wildman–Crippen MR) is 222 cm³/mol. The number of allylic oxidation sites excluding steroid dienone is 4. The average Bonchev–Trinajstić information content (AvgIpc) is 3.73. The number of benzene rings is 4. The third kappa shape index (κ3) is 8.47. The van der Waals surface area contributed by atoms with Gasteiger partial charge >= 0.3 is 318 Å². The first-order valence-electron chi connectivity index (χ1n) is 16.8. The molecule has 7 heteroatoms. The van der Waals surface area contributed by atoms with Crippen LogP contribution in [-0.2, 0) is 62.0 Å². The Kier molecular flexibility index (Phi) is 14.1. The molecule has 0 heterocycles. The first-order chi connectivity index (χ1) is 22.9. The summed E-state index contributed by atoms with van der Waals surface area (Å²) >= 11 is 23.2. The second-order valence-electron chi connectivity index (χ2n) is 15.2. The molecular formula is C43H46Cl6Zr. The summed E-state index contributed by atoms with van der Waals surface area (Å²) in [4.78, 5) is 0. The molecule has 50 heavy (non-hydrogen) atoms. The van der Waals surface area contributed by atoms with Crippen LogP contribution in [0.1, 0.15) is 104 Å². The van der Waals surface area contributed by atoms with Gasteiger partial charge in [0.25, 0.3) is 0 Å². The molecule has 0 atom stereocenters. The van der Waals surface area contributed by atoms with Gasteiger partial charge in [-0.3, -0.25) is 0 Å². The molecule has 4 aromatic rings. The zero-order valence-electron chi connectivity index (χ0n) is 29.7. The minimum atomic E-state index is -3.04. The Hall–Kier alpha value is -1.15. The first-order valence-corrected chi connectivity index (χ1v) is 22.6. The zero-order valence-corrected chi connectivity index (χ0v) is 36.8. The molecule has 0 radical (unpaired) electrons. The van der Waals surface area contributed by atoms with Gasteiger partial charge in [-0.1, -0.05) is 0 Å². The normalized spacial score (nSPS) is 13.3. The van der Waals surface area contributed by atoms with Gasteiger partial charge in [-0.15, -0.1) is 24.8 Å². The van der Waals surface area contributed by atoms with Crippen LogP contribution in [0.15, 0.2) is 88.2 Å². The summed E-state index contributed by atoms with van der Waals surface area (Å²) in [5.74, 6) is 1.73. The Labute approximate surface area is 339 Å². The Morgan fingerprint density at radius 1 is 0.640 bits per heavy atom. The zero-order chi connectivity index (χ0) is 34.4. The smallest absolute Gasteiger partial charge is 0.147 e. The van der Waals surface area contributed by atoms with Crippen LogP contribution in [0.5, 0.6) is 0 Å². The van der Waals surface area contributed by atoms with Gasteiger partial charge in [0.15, 0.2) is 0 Å². The summed E-state index contributed by atoms with van der Waals surface area (Å²) in [6.07, 6.45) is 8.94. The fourth-order valence-electron chi connectivity index (χ4n) is 7.31. The van der Waals surface area contributed by atoms with Crippen molar-refractivity contribution in [2.45, 2.75) is 88.7 Å². The van der Waals surface area contributed by atoms with Gasteiger partial charge in [0.1, 0.15) is 0 Å². The molecule has 0 fully saturated rings. The first kappa shape index (κ1) is 41.6. The number of hydrogen-bond acceptors (Lipinski definition) is 0. The SMILES string of the molecule is CC(C)(C)c1ccc2c(c1)Cc1c-2ccc(C(C)(C)C)[c]1[Zr]([C]1=CC=CC1)=[C](c1cc(CCl)cc(CCl)c1)c1cc(CCl)cc(CCl)c1.Cl.Cl. The van der Waals surface area contributed by atoms with E-state index in [9.17, 15) is 0 Å². The second kappa shape index (κ2) is 16.9. The molecule has 0 unspecified atom stereocenters. The molecule has 0 saturated heterocycles. The molecule has 6 rings (SSSR count). The monoisotopic (exact) mass is 862 g/mol. The van der Waals surface area contributed by atoms with E-state index in [0.29, 0.717) is 23.5 Å². The summed E-state index contributed by atoms with van der Waals surface area (Å²) in [5, 5.41) is 0. The van der Waals surface area contributed by atoms with Crippen molar-refractivity contribution in [2.24, 2.45) is 0 Å². The Morgan fingerprint density at radius 3 is 1.60 bits per heavy atom. The maximum absolute atomic E-state index is 6.56. The third-order valence-corrected chi connectivity index (χ3v) is 18.6. The van der Waals surface area contributed by atoms with E-state index >= 15 is 0 Å². The van der Waals surface area contributed by atoms with E-state index in [0.717, 1.165) is 35.1 Å². The average molecular weight is 867 g/mol. The van der Waals surface area contributed by atoms with E-state index in [-0.39, 0.29) is 35.6 Å². The quantitative estimate of drug-likeness (QED) is 0.136. The summed E-state index contributed by atoms with van der Waals surface area (Å²) in [6, 6.07) is 25.5. The maximum Gasteiger partial charge on any atom is -0.147 e. The van der Waals surface area contributed by atoms with Crippen LogP contribution in [-0.4, -0.2) is 3.21 Å². The standard InChI is InChI=1S/C21H25.C17H14Cl4.C5H5.2ClH.Zr/c1-20(2,3)16-7-9-18-14(12-16)11-15-13-17(21(4,5)6)8-10-19(15)18;18-8-14-2-12(3-15(6-14)9-19)1-13-4-16(10-20)7-17(5-13)11-21;1-2-4-5-3-1;;;/h7-10,12H,11H2,1-6H3;2-7H,8-11H2;1-3H,4H2;2*1H;. The van der Waals surface area contributed by atoms with Crippen LogP contribution in [0.3, 0.4) is 0 Å². The molecule has 0 N–H and O–H groups in total. The van der Waals surface area contributed by atoms with Crippen molar-refractivity contribution in [3.8, 4) is 11.1 Å². The van der Waals surface area contributed by atoms with E-state index < -0.39 is 21.3 Å². The Bertz CT molecular complexity index is 1890. The number of fused-ring (bicyclic) bond motifs is 3. The maximum atomic E-state index is 6.56. The van der Waals surface area contributed by atoms with E-state index in [1.165, 1.54) is 47.7 Å². The van der Waals surface area contributed by atoms with Crippen LogP contribution in [0.25, 0.3) is 11.1 Å². The van der Waals surface area contributed by atoms with Crippen LogP contribution in [0.2, 0.25) is 0 Å². The number of alkyl halides is 4. The van der Waals surface area contributed by atoms with E-state index in [1.807, 2.05) is 0 Å². The molecular weight excluding hydrogens is 820 g/mol. The van der Waals surface area contributed by atoms with Gasteiger partial charge in [-0.05, 0) is 0 Å². The number of halogens is 6. The molecule has 0 spiro atoms. The van der Waals surface area contributed by atoms with E-state index in [1.54, 1.807) is 6.55 Å². The largest absolute Gasteiger partial charge is 0.147 e. The molecule has 0 amide bonds. The Morgan fingerprint density at radius 2 is 1.16 bits per heavy atom. The number of hydrogen-bond donors (Lipinski definition) is 0. The van der Waals surface area contributed by atoms with Gasteiger partial charge in [0.05, 0.1) is 0 Å². The van der Waals surface area contributed by atoms with E-state index in [2.05, 4.69) is 127 Å². The van der Waals surface area contributed by atoms with E-state index in [4.69, 9.17) is 46.4 Å². The van der Waals surface area contributed by atoms with Crippen LogP contribution in [0.4, 0.5) is 0 Å². The minimum absolute atomic E-state index is 0.